The number of alkyl halides is 3. The lowest BCUT2D eigenvalue weighted by Gasteiger charge is -2.31. The molecule has 2 atom stereocenters. The molecule has 2 N–H and O–H groups in total. The minimum absolute atomic E-state index is 0.195. The summed E-state index contributed by atoms with van der Waals surface area (Å²) in [5.41, 5.74) is -2.32. The van der Waals surface area contributed by atoms with E-state index in [1.807, 2.05) is 0 Å². The number of amides is 1. The zero-order valence-corrected chi connectivity index (χ0v) is 11.8. The standard InChI is InChI=1S/C12H16F3N3OS/c1-2-8(9-17-5-6-20-9)18-10(19)11(12(13,14)15)3-4-16-7-11/h5-6,8,16H,2-4,7H2,1H3,(H,18,19). The zero-order chi connectivity index (χ0) is 14.8. The summed E-state index contributed by atoms with van der Waals surface area (Å²) in [6, 6.07) is -0.470. The van der Waals surface area contributed by atoms with E-state index in [0.29, 0.717) is 11.4 Å². The monoisotopic (exact) mass is 307 g/mol. The highest BCUT2D eigenvalue weighted by molar-refractivity contribution is 7.09. The third kappa shape index (κ3) is 2.67. The Balaban J connectivity index is 2.17. The number of thiazole rings is 1. The van der Waals surface area contributed by atoms with Gasteiger partial charge in [0, 0.05) is 18.1 Å². The maximum atomic E-state index is 13.2. The van der Waals surface area contributed by atoms with Crippen molar-refractivity contribution in [2.75, 3.05) is 13.1 Å². The Labute approximate surface area is 118 Å². The minimum Gasteiger partial charge on any atom is -0.346 e. The molecule has 0 spiro atoms. The topological polar surface area (TPSA) is 54.0 Å². The van der Waals surface area contributed by atoms with Crippen molar-refractivity contribution in [2.45, 2.75) is 32.0 Å². The molecule has 1 aromatic heterocycles. The Morgan fingerprint density at radius 2 is 2.40 bits per heavy atom. The van der Waals surface area contributed by atoms with E-state index in [-0.39, 0.29) is 19.5 Å². The van der Waals surface area contributed by atoms with E-state index in [0.717, 1.165) is 0 Å². The molecule has 0 saturated carbocycles. The molecule has 1 saturated heterocycles. The molecule has 2 unspecified atom stereocenters. The van der Waals surface area contributed by atoms with Crippen LogP contribution in [0.3, 0.4) is 0 Å². The number of aromatic nitrogens is 1. The number of halogens is 3. The van der Waals surface area contributed by atoms with E-state index in [4.69, 9.17) is 0 Å². The molecular weight excluding hydrogens is 291 g/mol. The molecule has 8 heteroatoms. The molecular formula is C12H16F3N3OS. The van der Waals surface area contributed by atoms with Gasteiger partial charge in [-0.25, -0.2) is 4.98 Å². The van der Waals surface area contributed by atoms with Crippen molar-refractivity contribution >= 4 is 17.2 Å². The van der Waals surface area contributed by atoms with Crippen LogP contribution in [-0.2, 0) is 4.79 Å². The first-order valence-corrected chi connectivity index (χ1v) is 7.26. The minimum atomic E-state index is -4.55. The molecule has 20 heavy (non-hydrogen) atoms. The predicted octanol–water partition coefficient (Wildman–Crippen LogP) is 2.25. The molecule has 1 aromatic rings. The van der Waals surface area contributed by atoms with E-state index in [1.165, 1.54) is 11.3 Å². The first kappa shape index (κ1) is 15.2. The predicted molar refractivity (Wildman–Crippen MR) is 69.3 cm³/mol. The third-order valence-corrected chi connectivity index (χ3v) is 4.48. The normalized spacial score (nSPS) is 24.6. The summed E-state index contributed by atoms with van der Waals surface area (Å²) in [7, 11) is 0. The lowest BCUT2D eigenvalue weighted by molar-refractivity contribution is -0.216. The van der Waals surface area contributed by atoms with E-state index >= 15 is 0 Å². The number of nitrogens with zero attached hydrogens (tertiary/aromatic N) is 1. The van der Waals surface area contributed by atoms with E-state index in [2.05, 4.69) is 15.6 Å². The van der Waals surface area contributed by atoms with Crippen molar-refractivity contribution in [3.8, 4) is 0 Å². The average molecular weight is 307 g/mol. The highest BCUT2D eigenvalue weighted by atomic mass is 32.1. The van der Waals surface area contributed by atoms with Crippen LogP contribution in [0.2, 0.25) is 0 Å². The number of carbonyl (C=O) groups is 1. The molecule has 2 heterocycles. The Morgan fingerprint density at radius 3 is 2.85 bits per heavy atom. The molecule has 1 aliphatic rings. The Kier molecular flexibility index (Phi) is 4.33. The lowest BCUT2D eigenvalue weighted by atomic mass is 9.85. The van der Waals surface area contributed by atoms with E-state index < -0.39 is 23.5 Å². The van der Waals surface area contributed by atoms with Gasteiger partial charge in [0.25, 0.3) is 0 Å². The van der Waals surface area contributed by atoms with Gasteiger partial charge in [-0.3, -0.25) is 4.79 Å². The lowest BCUT2D eigenvalue weighted by Crippen LogP contribution is -2.52. The van der Waals surface area contributed by atoms with Crippen molar-refractivity contribution in [2.24, 2.45) is 5.41 Å². The van der Waals surface area contributed by atoms with Crippen LogP contribution >= 0.6 is 11.3 Å². The molecule has 2 rings (SSSR count). The summed E-state index contributed by atoms with van der Waals surface area (Å²) < 4.78 is 39.7. The zero-order valence-electron chi connectivity index (χ0n) is 11.0. The number of hydrogen-bond acceptors (Lipinski definition) is 4. The summed E-state index contributed by atoms with van der Waals surface area (Å²) in [6.45, 7) is 1.64. The van der Waals surface area contributed by atoms with Crippen LogP contribution in [0.1, 0.15) is 30.8 Å². The highest BCUT2D eigenvalue weighted by Crippen LogP contribution is 2.43. The second kappa shape index (κ2) is 5.69. The number of nitrogens with one attached hydrogen (secondary N) is 2. The van der Waals surface area contributed by atoms with Crippen molar-refractivity contribution in [3.05, 3.63) is 16.6 Å². The van der Waals surface area contributed by atoms with Crippen molar-refractivity contribution in [3.63, 3.8) is 0 Å². The molecule has 0 bridgehead atoms. The number of rotatable bonds is 4. The van der Waals surface area contributed by atoms with Crippen molar-refractivity contribution < 1.29 is 18.0 Å². The quantitative estimate of drug-likeness (QED) is 0.897. The van der Waals surface area contributed by atoms with Crippen molar-refractivity contribution in [1.29, 1.82) is 0 Å². The fourth-order valence-electron chi connectivity index (χ4n) is 2.30. The highest BCUT2D eigenvalue weighted by Gasteiger charge is 2.61. The maximum absolute atomic E-state index is 13.2. The summed E-state index contributed by atoms with van der Waals surface area (Å²) in [4.78, 5) is 16.2. The SMILES string of the molecule is CCC(NC(=O)C1(C(F)(F)F)CCNC1)c1nccs1. The molecule has 0 radical (unpaired) electrons. The van der Waals surface area contributed by atoms with Crippen LogP contribution in [0.15, 0.2) is 11.6 Å². The van der Waals surface area contributed by atoms with Crippen LogP contribution < -0.4 is 10.6 Å². The molecule has 112 valence electrons. The molecule has 1 fully saturated rings. The molecule has 0 aromatic carbocycles. The van der Waals surface area contributed by atoms with Crippen LogP contribution in [0.25, 0.3) is 0 Å². The summed E-state index contributed by atoms with van der Waals surface area (Å²) in [6.07, 6.45) is -2.70. The van der Waals surface area contributed by atoms with Crippen LogP contribution in [0.4, 0.5) is 13.2 Å². The van der Waals surface area contributed by atoms with E-state index in [9.17, 15) is 18.0 Å². The fraction of sp³-hybridized carbons (Fsp3) is 0.667. The largest absolute Gasteiger partial charge is 0.404 e. The first-order chi connectivity index (χ1) is 9.40. The Hall–Kier alpha value is -1.15. The van der Waals surface area contributed by atoms with Crippen LogP contribution in [0, 0.1) is 5.41 Å². The number of hydrogen-bond donors (Lipinski definition) is 2. The van der Waals surface area contributed by atoms with Gasteiger partial charge in [-0.15, -0.1) is 11.3 Å². The average Bonchev–Trinajstić information content (AvgIpc) is 3.05. The molecule has 1 aliphatic heterocycles. The van der Waals surface area contributed by atoms with Crippen LogP contribution in [0.5, 0.6) is 0 Å². The fourth-order valence-corrected chi connectivity index (χ4v) is 3.07. The molecule has 0 aliphatic carbocycles. The van der Waals surface area contributed by atoms with Gasteiger partial charge in [0.05, 0.1) is 6.04 Å². The first-order valence-electron chi connectivity index (χ1n) is 6.38. The van der Waals surface area contributed by atoms with Gasteiger partial charge in [-0.1, -0.05) is 6.92 Å². The van der Waals surface area contributed by atoms with Gasteiger partial charge in [-0.2, -0.15) is 13.2 Å². The second-order valence-electron chi connectivity index (χ2n) is 4.81. The van der Waals surface area contributed by atoms with Gasteiger partial charge in [0.1, 0.15) is 5.01 Å². The van der Waals surface area contributed by atoms with Gasteiger partial charge in [-0.05, 0) is 19.4 Å². The Bertz CT molecular complexity index is 455. The molecule has 4 nitrogen and oxygen atoms in total. The van der Waals surface area contributed by atoms with Gasteiger partial charge in [0.2, 0.25) is 5.91 Å². The molecule has 1 amide bonds. The van der Waals surface area contributed by atoms with Gasteiger partial charge in [0.15, 0.2) is 5.41 Å². The second-order valence-corrected chi connectivity index (χ2v) is 5.74. The van der Waals surface area contributed by atoms with Gasteiger partial charge >= 0.3 is 6.18 Å². The van der Waals surface area contributed by atoms with Crippen molar-refractivity contribution in [1.82, 2.24) is 15.6 Å². The Morgan fingerprint density at radius 1 is 1.65 bits per heavy atom. The smallest absolute Gasteiger partial charge is 0.346 e. The summed E-state index contributed by atoms with van der Waals surface area (Å²) in [5, 5.41) is 7.51. The summed E-state index contributed by atoms with van der Waals surface area (Å²) in [5.74, 6) is -0.961. The van der Waals surface area contributed by atoms with Crippen LogP contribution in [-0.4, -0.2) is 30.2 Å². The van der Waals surface area contributed by atoms with Gasteiger partial charge < -0.3 is 10.6 Å². The maximum Gasteiger partial charge on any atom is 0.404 e. The summed E-state index contributed by atoms with van der Waals surface area (Å²) >= 11 is 1.32. The number of carbonyl (C=O) groups excluding carboxylic acids is 1. The third-order valence-electron chi connectivity index (χ3n) is 3.60. The van der Waals surface area contributed by atoms with E-state index in [1.54, 1.807) is 18.5 Å².